The molecule has 6 heteroatoms. The number of ether oxygens (including phenoxy) is 1. The quantitative estimate of drug-likeness (QED) is 0.851. The molecule has 1 aromatic rings. The van der Waals surface area contributed by atoms with Gasteiger partial charge >= 0.3 is 0 Å². The SMILES string of the molecule is CCOC[C@@H](O)CN1CCN(C(=O)c2ccc(F)cc2)CC1. The van der Waals surface area contributed by atoms with Gasteiger partial charge in [-0.05, 0) is 31.2 Å². The second-order valence-electron chi connectivity index (χ2n) is 5.41. The molecule has 122 valence electrons. The molecule has 1 aliphatic rings. The number of piperazine rings is 1. The lowest BCUT2D eigenvalue weighted by molar-refractivity contribution is 0.0111. The number of carbonyl (C=O) groups is 1. The van der Waals surface area contributed by atoms with Gasteiger partial charge in [-0.3, -0.25) is 9.69 Å². The van der Waals surface area contributed by atoms with Gasteiger partial charge in [-0.15, -0.1) is 0 Å². The largest absolute Gasteiger partial charge is 0.389 e. The standard InChI is InChI=1S/C16H23FN2O3/c1-2-22-12-15(20)11-18-7-9-19(10-8-18)16(21)13-3-5-14(17)6-4-13/h3-6,15,20H,2,7-12H2,1H3/t15-/m0/s1. The molecule has 1 heterocycles. The molecular weight excluding hydrogens is 287 g/mol. The number of halogens is 1. The van der Waals surface area contributed by atoms with Crippen LogP contribution in [0.3, 0.4) is 0 Å². The van der Waals surface area contributed by atoms with Crippen molar-refractivity contribution in [3.8, 4) is 0 Å². The maximum atomic E-state index is 12.9. The molecule has 1 aromatic carbocycles. The molecule has 1 fully saturated rings. The highest BCUT2D eigenvalue weighted by Crippen LogP contribution is 2.10. The number of aliphatic hydroxyl groups excluding tert-OH is 1. The van der Waals surface area contributed by atoms with Gasteiger partial charge in [0.05, 0.1) is 12.7 Å². The Morgan fingerprint density at radius 2 is 1.91 bits per heavy atom. The molecular formula is C16H23FN2O3. The first-order valence-electron chi connectivity index (χ1n) is 7.63. The lowest BCUT2D eigenvalue weighted by atomic mass is 10.1. The van der Waals surface area contributed by atoms with Gasteiger partial charge in [-0.25, -0.2) is 4.39 Å². The lowest BCUT2D eigenvalue weighted by Gasteiger charge is -2.35. The third-order valence-corrected chi connectivity index (χ3v) is 3.73. The van der Waals surface area contributed by atoms with Crippen molar-refractivity contribution in [2.75, 3.05) is 45.9 Å². The highest BCUT2D eigenvalue weighted by molar-refractivity contribution is 5.94. The molecule has 0 saturated carbocycles. The number of nitrogens with zero attached hydrogens (tertiary/aromatic N) is 2. The van der Waals surface area contributed by atoms with E-state index in [9.17, 15) is 14.3 Å². The first-order chi connectivity index (χ1) is 10.6. The molecule has 0 unspecified atom stereocenters. The molecule has 0 radical (unpaired) electrons. The number of hydrogen-bond acceptors (Lipinski definition) is 4. The van der Waals surface area contributed by atoms with Crippen LogP contribution in [-0.2, 0) is 4.74 Å². The number of β-amino-alcohol motifs (C(OH)–C–C–N with tert-alkyl or cyclic N) is 1. The molecule has 0 bridgehead atoms. The fourth-order valence-corrected chi connectivity index (χ4v) is 2.51. The second kappa shape index (κ2) is 8.22. The predicted molar refractivity (Wildman–Crippen MR) is 81.2 cm³/mol. The summed E-state index contributed by atoms with van der Waals surface area (Å²) in [4.78, 5) is 16.2. The Bertz CT molecular complexity index is 473. The van der Waals surface area contributed by atoms with Gasteiger partial charge in [-0.2, -0.15) is 0 Å². The van der Waals surface area contributed by atoms with Crippen molar-refractivity contribution in [1.82, 2.24) is 9.80 Å². The predicted octanol–water partition coefficient (Wildman–Crippen LogP) is 0.981. The Balaban J connectivity index is 1.79. The van der Waals surface area contributed by atoms with Crippen LogP contribution in [0.1, 0.15) is 17.3 Å². The van der Waals surface area contributed by atoms with Crippen LogP contribution in [0.25, 0.3) is 0 Å². The zero-order valence-corrected chi connectivity index (χ0v) is 12.9. The Kier molecular flexibility index (Phi) is 6.30. The molecule has 0 aliphatic carbocycles. The van der Waals surface area contributed by atoms with Crippen molar-refractivity contribution < 1.29 is 19.0 Å². The number of aliphatic hydroxyl groups is 1. The second-order valence-corrected chi connectivity index (χ2v) is 5.41. The van der Waals surface area contributed by atoms with Crippen molar-refractivity contribution in [2.45, 2.75) is 13.0 Å². The topological polar surface area (TPSA) is 53.0 Å². The fraction of sp³-hybridized carbons (Fsp3) is 0.562. The summed E-state index contributed by atoms with van der Waals surface area (Å²) in [7, 11) is 0. The highest BCUT2D eigenvalue weighted by Gasteiger charge is 2.23. The fourth-order valence-electron chi connectivity index (χ4n) is 2.51. The highest BCUT2D eigenvalue weighted by atomic mass is 19.1. The molecule has 1 N–H and O–H groups in total. The van der Waals surface area contributed by atoms with Crippen molar-refractivity contribution in [1.29, 1.82) is 0 Å². The smallest absolute Gasteiger partial charge is 0.253 e. The van der Waals surface area contributed by atoms with Crippen LogP contribution in [0.2, 0.25) is 0 Å². The van der Waals surface area contributed by atoms with E-state index in [0.717, 1.165) is 13.1 Å². The van der Waals surface area contributed by atoms with Crippen LogP contribution in [0.5, 0.6) is 0 Å². The average Bonchev–Trinajstić information content (AvgIpc) is 2.54. The van der Waals surface area contributed by atoms with Gasteiger partial charge in [0.25, 0.3) is 5.91 Å². The summed E-state index contributed by atoms with van der Waals surface area (Å²) >= 11 is 0. The normalized spacial score (nSPS) is 17.5. The molecule has 1 atom stereocenters. The van der Waals surface area contributed by atoms with Crippen LogP contribution in [0.15, 0.2) is 24.3 Å². The summed E-state index contributed by atoms with van der Waals surface area (Å²) in [5, 5.41) is 9.83. The Hall–Kier alpha value is -1.50. The van der Waals surface area contributed by atoms with E-state index in [0.29, 0.717) is 38.4 Å². The maximum absolute atomic E-state index is 12.9. The van der Waals surface area contributed by atoms with E-state index in [1.807, 2.05) is 6.92 Å². The van der Waals surface area contributed by atoms with E-state index < -0.39 is 6.10 Å². The van der Waals surface area contributed by atoms with Gasteiger partial charge < -0.3 is 14.7 Å². The maximum Gasteiger partial charge on any atom is 0.253 e. The zero-order chi connectivity index (χ0) is 15.9. The van der Waals surface area contributed by atoms with Gasteiger partial charge in [-0.1, -0.05) is 0 Å². The molecule has 2 rings (SSSR count). The van der Waals surface area contributed by atoms with Crippen LogP contribution in [0, 0.1) is 5.82 Å². The van der Waals surface area contributed by atoms with Gasteiger partial charge in [0.2, 0.25) is 0 Å². The van der Waals surface area contributed by atoms with E-state index in [2.05, 4.69) is 4.90 Å². The monoisotopic (exact) mass is 310 g/mol. The zero-order valence-electron chi connectivity index (χ0n) is 12.9. The van der Waals surface area contributed by atoms with Crippen LogP contribution in [-0.4, -0.2) is 72.9 Å². The third kappa shape index (κ3) is 4.76. The summed E-state index contributed by atoms with van der Waals surface area (Å²) in [6.45, 7) is 6.04. The van der Waals surface area contributed by atoms with Crippen LogP contribution >= 0.6 is 0 Å². The lowest BCUT2D eigenvalue weighted by Crippen LogP contribution is -2.50. The van der Waals surface area contributed by atoms with Gasteiger partial charge in [0.15, 0.2) is 0 Å². The summed E-state index contributed by atoms with van der Waals surface area (Å²) < 4.78 is 18.1. The first kappa shape index (κ1) is 16.9. The van der Waals surface area contributed by atoms with E-state index in [4.69, 9.17) is 4.74 Å². The molecule has 0 aromatic heterocycles. The van der Waals surface area contributed by atoms with E-state index in [-0.39, 0.29) is 11.7 Å². The minimum absolute atomic E-state index is 0.0745. The number of benzene rings is 1. The van der Waals surface area contributed by atoms with Crippen LogP contribution in [0.4, 0.5) is 4.39 Å². The van der Waals surface area contributed by atoms with Crippen molar-refractivity contribution in [2.24, 2.45) is 0 Å². The molecule has 1 amide bonds. The number of hydrogen-bond donors (Lipinski definition) is 1. The van der Waals surface area contributed by atoms with Crippen molar-refractivity contribution >= 4 is 5.91 Å². The number of carbonyl (C=O) groups excluding carboxylic acids is 1. The number of rotatable bonds is 6. The van der Waals surface area contributed by atoms with Gasteiger partial charge in [0.1, 0.15) is 5.82 Å². The Morgan fingerprint density at radius 3 is 2.50 bits per heavy atom. The van der Waals surface area contributed by atoms with Crippen LogP contribution < -0.4 is 0 Å². The molecule has 1 saturated heterocycles. The molecule has 0 spiro atoms. The first-order valence-corrected chi connectivity index (χ1v) is 7.63. The van der Waals surface area contributed by atoms with Gasteiger partial charge in [0, 0.05) is 44.9 Å². The third-order valence-electron chi connectivity index (χ3n) is 3.73. The molecule has 22 heavy (non-hydrogen) atoms. The van der Waals surface area contributed by atoms with E-state index in [1.54, 1.807) is 4.90 Å². The Labute approximate surface area is 130 Å². The summed E-state index contributed by atoms with van der Waals surface area (Å²) in [6, 6.07) is 5.62. The summed E-state index contributed by atoms with van der Waals surface area (Å²) in [6.07, 6.45) is -0.501. The summed E-state index contributed by atoms with van der Waals surface area (Å²) in [5.41, 5.74) is 0.506. The van der Waals surface area contributed by atoms with E-state index in [1.165, 1.54) is 24.3 Å². The molecule has 1 aliphatic heterocycles. The summed E-state index contributed by atoms with van der Waals surface area (Å²) in [5.74, 6) is -0.417. The minimum Gasteiger partial charge on any atom is -0.389 e. The molecule has 5 nitrogen and oxygen atoms in total. The minimum atomic E-state index is -0.501. The van der Waals surface area contributed by atoms with Crippen molar-refractivity contribution in [3.63, 3.8) is 0 Å². The van der Waals surface area contributed by atoms with E-state index >= 15 is 0 Å². The Morgan fingerprint density at radius 1 is 1.27 bits per heavy atom. The number of amides is 1. The van der Waals surface area contributed by atoms with Crippen molar-refractivity contribution in [3.05, 3.63) is 35.6 Å². The average molecular weight is 310 g/mol.